The van der Waals surface area contributed by atoms with E-state index in [9.17, 15) is 0 Å². The second-order valence-electron chi connectivity index (χ2n) is 4.12. The third kappa shape index (κ3) is 2.47. The lowest BCUT2D eigenvalue weighted by Crippen LogP contribution is -2.09. The SMILES string of the molecule is CC(C)(C)c1cc(C=N)c(/C=C\I)o1. The molecule has 1 aromatic heterocycles. The van der Waals surface area contributed by atoms with Gasteiger partial charge in [-0.3, -0.25) is 0 Å². The normalized spacial score (nSPS) is 12.3. The van der Waals surface area contributed by atoms with Crippen molar-refractivity contribution in [3.63, 3.8) is 0 Å². The fourth-order valence-electron chi connectivity index (χ4n) is 1.09. The molecule has 1 aromatic rings. The molecule has 0 radical (unpaired) electrons. The molecular formula is C11H14INO. The Bertz CT molecular complexity index is 358. The Kier molecular flexibility index (Phi) is 3.53. The highest BCUT2D eigenvalue weighted by Crippen LogP contribution is 2.27. The summed E-state index contributed by atoms with van der Waals surface area (Å²) in [5.74, 6) is 1.68. The first-order chi connectivity index (χ1) is 6.49. The van der Waals surface area contributed by atoms with Crippen molar-refractivity contribution in [2.45, 2.75) is 26.2 Å². The van der Waals surface area contributed by atoms with E-state index in [-0.39, 0.29) is 5.41 Å². The molecule has 0 aliphatic rings. The quantitative estimate of drug-likeness (QED) is 0.651. The summed E-state index contributed by atoms with van der Waals surface area (Å²) in [4.78, 5) is 0. The summed E-state index contributed by atoms with van der Waals surface area (Å²) in [7, 11) is 0. The lowest BCUT2D eigenvalue weighted by Gasteiger charge is -2.13. The third-order valence-corrected chi connectivity index (χ3v) is 2.26. The van der Waals surface area contributed by atoms with Gasteiger partial charge < -0.3 is 9.83 Å². The van der Waals surface area contributed by atoms with Crippen molar-refractivity contribution in [1.82, 2.24) is 0 Å². The molecule has 0 fully saturated rings. The first kappa shape index (κ1) is 11.5. The van der Waals surface area contributed by atoms with Crippen LogP contribution in [0.1, 0.15) is 37.9 Å². The highest BCUT2D eigenvalue weighted by Gasteiger charge is 2.19. The van der Waals surface area contributed by atoms with E-state index in [2.05, 4.69) is 43.4 Å². The molecule has 3 heteroatoms. The molecule has 0 amide bonds. The fraction of sp³-hybridized carbons (Fsp3) is 0.364. The van der Waals surface area contributed by atoms with Crippen molar-refractivity contribution in [3.05, 3.63) is 27.2 Å². The molecule has 1 heterocycles. The lowest BCUT2D eigenvalue weighted by molar-refractivity contribution is 0.405. The van der Waals surface area contributed by atoms with Gasteiger partial charge in [0.2, 0.25) is 0 Å². The van der Waals surface area contributed by atoms with Gasteiger partial charge in [-0.25, -0.2) is 0 Å². The zero-order valence-corrected chi connectivity index (χ0v) is 10.8. The largest absolute Gasteiger partial charge is 0.460 e. The van der Waals surface area contributed by atoms with E-state index < -0.39 is 0 Å². The summed E-state index contributed by atoms with van der Waals surface area (Å²) in [6.45, 7) is 6.28. The molecule has 0 aromatic carbocycles. The van der Waals surface area contributed by atoms with Crippen LogP contribution in [0.15, 0.2) is 14.6 Å². The van der Waals surface area contributed by atoms with Gasteiger partial charge in [0, 0.05) is 17.2 Å². The van der Waals surface area contributed by atoms with Gasteiger partial charge in [-0.2, -0.15) is 0 Å². The van der Waals surface area contributed by atoms with E-state index in [1.807, 2.05) is 16.2 Å². The minimum absolute atomic E-state index is 0.00484. The summed E-state index contributed by atoms with van der Waals surface area (Å²) in [5, 5.41) is 7.26. The van der Waals surface area contributed by atoms with Crippen molar-refractivity contribution in [2.24, 2.45) is 0 Å². The van der Waals surface area contributed by atoms with Gasteiger partial charge in [0.1, 0.15) is 11.5 Å². The molecule has 0 spiro atoms. The number of hydrogen-bond acceptors (Lipinski definition) is 2. The van der Waals surface area contributed by atoms with Crippen LogP contribution in [-0.2, 0) is 5.41 Å². The average molecular weight is 303 g/mol. The van der Waals surface area contributed by atoms with Crippen molar-refractivity contribution < 1.29 is 4.42 Å². The third-order valence-electron chi connectivity index (χ3n) is 1.90. The number of hydrogen-bond donors (Lipinski definition) is 1. The van der Waals surface area contributed by atoms with Crippen LogP contribution in [0.4, 0.5) is 0 Å². The summed E-state index contributed by atoms with van der Waals surface area (Å²) < 4.78 is 7.55. The fourth-order valence-corrected chi connectivity index (χ4v) is 1.42. The van der Waals surface area contributed by atoms with Crippen LogP contribution in [-0.4, -0.2) is 6.21 Å². The van der Waals surface area contributed by atoms with E-state index in [4.69, 9.17) is 9.83 Å². The van der Waals surface area contributed by atoms with Crippen LogP contribution in [0.3, 0.4) is 0 Å². The molecule has 0 saturated carbocycles. The summed E-state index contributed by atoms with van der Waals surface area (Å²) >= 11 is 2.14. The molecule has 1 N–H and O–H groups in total. The Morgan fingerprint density at radius 2 is 2.07 bits per heavy atom. The molecule has 1 rings (SSSR count). The molecule has 0 bridgehead atoms. The van der Waals surface area contributed by atoms with Crippen LogP contribution in [0.2, 0.25) is 0 Å². The maximum Gasteiger partial charge on any atom is 0.136 e. The van der Waals surface area contributed by atoms with Gasteiger partial charge in [0.05, 0.1) is 0 Å². The number of furan rings is 1. The molecule has 0 aliphatic heterocycles. The Morgan fingerprint density at radius 3 is 2.50 bits per heavy atom. The van der Waals surface area contributed by atoms with E-state index in [1.165, 1.54) is 6.21 Å². The maximum absolute atomic E-state index is 7.26. The molecule has 0 atom stereocenters. The van der Waals surface area contributed by atoms with Crippen molar-refractivity contribution >= 4 is 34.9 Å². The highest BCUT2D eigenvalue weighted by molar-refractivity contribution is 14.1. The molecule has 76 valence electrons. The number of nitrogens with one attached hydrogen (secondary N) is 1. The first-order valence-electron chi connectivity index (χ1n) is 4.40. The number of rotatable bonds is 2. The topological polar surface area (TPSA) is 37.0 Å². The molecule has 2 nitrogen and oxygen atoms in total. The van der Waals surface area contributed by atoms with Gasteiger partial charge in [-0.15, -0.1) is 0 Å². The molecule has 0 saturated heterocycles. The predicted molar refractivity (Wildman–Crippen MR) is 68.3 cm³/mol. The molecule has 0 aliphatic carbocycles. The second-order valence-corrected chi connectivity index (χ2v) is 4.84. The van der Waals surface area contributed by atoms with E-state index in [0.29, 0.717) is 0 Å². The Labute approximate surface area is 98.0 Å². The van der Waals surface area contributed by atoms with Gasteiger partial charge >= 0.3 is 0 Å². The lowest BCUT2D eigenvalue weighted by atomic mass is 9.93. The molecule has 0 unspecified atom stereocenters. The minimum Gasteiger partial charge on any atom is -0.460 e. The molecular weight excluding hydrogens is 289 g/mol. The van der Waals surface area contributed by atoms with Gasteiger partial charge in [-0.1, -0.05) is 43.4 Å². The maximum atomic E-state index is 7.26. The Hall–Kier alpha value is -0.580. The Morgan fingerprint density at radius 1 is 1.43 bits per heavy atom. The number of halogens is 1. The van der Waals surface area contributed by atoms with Crippen LogP contribution in [0.5, 0.6) is 0 Å². The van der Waals surface area contributed by atoms with Crippen LogP contribution in [0.25, 0.3) is 6.08 Å². The smallest absolute Gasteiger partial charge is 0.136 e. The summed E-state index contributed by atoms with van der Waals surface area (Å²) in [6, 6.07) is 1.93. The standard InChI is InChI=1S/C11H14INO/c1-11(2,3)10-6-8(7-13)9(14-10)4-5-12/h4-7,13H,1-3H3/b5-4-,13-7?. The van der Waals surface area contributed by atoms with Gasteiger partial charge in [0.25, 0.3) is 0 Å². The Balaban J connectivity index is 3.19. The van der Waals surface area contributed by atoms with Crippen LogP contribution < -0.4 is 0 Å². The van der Waals surface area contributed by atoms with Gasteiger partial charge in [-0.05, 0) is 16.2 Å². The first-order valence-corrected chi connectivity index (χ1v) is 5.65. The van der Waals surface area contributed by atoms with E-state index in [1.54, 1.807) is 0 Å². The van der Waals surface area contributed by atoms with E-state index in [0.717, 1.165) is 17.1 Å². The summed E-state index contributed by atoms with van der Waals surface area (Å²) in [5.41, 5.74) is 0.831. The monoisotopic (exact) mass is 303 g/mol. The van der Waals surface area contributed by atoms with Crippen LogP contribution in [0, 0.1) is 5.41 Å². The zero-order chi connectivity index (χ0) is 10.8. The van der Waals surface area contributed by atoms with Crippen LogP contribution >= 0.6 is 22.6 Å². The molecule has 14 heavy (non-hydrogen) atoms. The zero-order valence-electron chi connectivity index (χ0n) is 8.60. The predicted octanol–water partition coefficient (Wildman–Crippen LogP) is 3.98. The van der Waals surface area contributed by atoms with E-state index >= 15 is 0 Å². The van der Waals surface area contributed by atoms with Crippen molar-refractivity contribution in [3.8, 4) is 0 Å². The second kappa shape index (κ2) is 4.29. The summed E-state index contributed by atoms with van der Waals surface area (Å²) in [6.07, 6.45) is 3.20. The highest BCUT2D eigenvalue weighted by atomic mass is 127. The van der Waals surface area contributed by atoms with Crippen molar-refractivity contribution in [1.29, 1.82) is 5.41 Å². The van der Waals surface area contributed by atoms with Gasteiger partial charge in [0.15, 0.2) is 0 Å². The average Bonchev–Trinajstić information content (AvgIpc) is 2.47. The van der Waals surface area contributed by atoms with Crippen molar-refractivity contribution in [2.75, 3.05) is 0 Å². The minimum atomic E-state index is -0.00484.